The maximum absolute atomic E-state index is 11.8. The third-order valence-corrected chi connectivity index (χ3v) is 1.38. The molecule has 1 aromatic carbocycles. The van der Waals surface area contributed by atoms with Gasteiger partial charge in [0.2, 0.25) is 6.41 Å². The van der Waals surface area contributed by atoms with Gasteiger partial charge in [0.1, 0.15) is 0 Å². The largest absolute Gasteiger partial charge is 0.399 e. The maximum atomic E-state index is 11.8. The summed E-state index contributed by atoms with van der Waals surface area (Å²) in [7, 11) is 0. The highest BCUT2D eigenvalue weighted by Crippen LogP contribution is 2.21. The van der Waals surface area contributed by atoms with E-state index in [1.54, 1.807) is 0 Å². The third-order valence-electron chi connectivity index (χ3n) is 1.38. The Balaban J connectivity index is 0.000000583. The molecule has 0 saturated heterocycles. The summed E-state index contributed by atoms with van der Waals surface area (Å²) >= 11 is 0. The quantitative estimate of drug-likeness (QED) is 0.556. The Kier molecular flexibility index (Phi) is 5.22. The molecule has 0 aromatic heterocycles. The lowest BCUT2D eigenvalue weighted by Crippen LogP contribution is -2.11. The number of nitrogen functional groups attached to an aromatic ring is 1. The van der Waals surface area contributed by atoms with Gasteiger partial charge in [-0.25, -0.2) is 0 Å². The number of anilines is 1. The van der Waals surface area contributed by atoms with Crippen LogP contribution in [0.1, 0.15) is 5.56 Å². The number of carbonyl (C=O) groups excluding carboxylic acids is 1. The van der Waals surface area contributed by atoms with Crippen molar-refractivity contribution < 1.29 is 18.0 Å². The minimum absolute atomic E-state index is 0.233. The Hall–Kier alpha value is -1.72. The van der Waals surface area contributed by atoms with Gasteiger partial charge in [0.05, 0.1) is 6.42 Å². The molecule has 0 fully saturated rings. The van der Waals surface area contributed by atoms with Crippen LogP contribution in [0.3, 0.4) is 0 Å². The molecule has 4 N–H and O–H groups in total. The number of alkyl halides is 3. The van der Waals surface area contributed by atoms with Gasteiger partial charge in [-0.2, -0.15) is 13.2 Å². The first-order valence-corrected chi connectivity index (χ1v) is 3.95. The summed E-state index contributed by atoms with van der Waals surface area (Å²) in [6.07, 6.45) is -4.79. The number of nitrogens with two attached hydrogens (primary N) is 2. The summed E-state index contributed by atoms with van der Waals surface area (Å²) in [5.74, 6) is 0. The topological polar surface area (TPSA) is 69.1 Å². The molecule has 1 rings (SSSR count). The van der Waals surface area contributed by atoms with Gasteiger partial charge in [0, 0.05) is 5.69 Å². The van der Waals surface area contributed by atoms with Crippen molar-refractivity contribution >= 4 is 12.1 Å². The molecule has 0 heterocycles. The lowest BCUT2D eigenvalue weighted by atomic mass is 10.1. The van der Waals surface area contributed by atoms with Gasteiger partial charge in [0.15, 0.2) is 0 Å². The second-order valence-electron chi connectivity index (χ2n) is 2.67. The fourth-order valence-electron chi connectivity index (χ4n) is 0.867. The summed E-state index contributed by atoms with van der Waals surface area (Å²) in [4.78, 5) is 8.58. The lowest BCUT2D eigenvalue weighted by Gasteiger charge is -2.05. The van der Waals surface area contributed by atoms with E-state index in [1.807, 2.05) is 0 Å². The average molecular weight is 220 g/mol. The Morgan fingerprint density at radius 2 is 1.60 bits per heavy atom. The normalized spacial score (nSPS) is 10.1. The van der Waals surface area contributed by atoms with Crippen LogP contribution in [0.5, 0.6) is 0 Å². The van der Waals surface area contributed by atoms with Crippen molar-refractivity contribution in [1.82, 2.24) is 0 Å². The van der Waals surface area contributed by atoms with Gasteiger partial charge >= 0.3 is 6.18 Å². The van der Waals surface area contributed by atoms with Crippen molar-refractivity contribution in [1.29, 1.82) is 0 Å². The fourth-order valence-corrected chi connectivity index (χ4v) is 0.867. The van der Waals surface area contributed by atoms with E-state index in [9.17, 15) is 13.2 Å². The lowest BCUT2D eigenvalue weighted by molar-refractivity contribution is -0.127. The number of primary amides is 1. The zero-order valence-corrected chi connectivity index (χ0v) is 7.79. The molecule has 1 aromatic rings. The van der Waals surface area contributed by atoms with E-state index in [2.05, 4.69) is 5.73 Å². The molecule has 84 valence electrons. The zero-order valence-electron chi connectivity index (χ0n) is 7.79. The molecule has 0 radical (unpaired) electrons. The molecule has 3 nitrogen and oxygen atoms in total. The molecule has 0 unspecified atom stereocenters. The molecule has 0 aliphatic carbocycles. The van der Waals surface area contributed by atoms with Gasteiger partial charge < -0.3 is 11.5 Å². The van der Waals surface area contributed by atoms with E-state index in [0.717, 1.165) is 0 Å². The molecule has 0 spiro atoms. The van der Waals surface area contributed by atoms with Crippen LogP contribution in [-0.4, -0.2) is 12.6 Å². The predicted molar refractivity (Wildman–Crippen MR) is 50.9 cm³/mol. The van der Waals surface area contributed by atoms with Crippen molar-refractivity contribution in [2.24, 2.45) is 5.73 Å². The van der Waals surface area contributed by atoms with Crippen LogP contribution in [0.4, 0.5) is 18.9 Å². The molecule has 0 aliphatic heterocycles. The van der Waals surface area contributed by atoms with E-state index in [1.165, 1.54) is 24.3 Å². The first-order valence-electron chi connectivity index (χ1n) is 3.95. The fraction of sp³-hybridized carbons (Fsp3) is 0.222. The molecular weight excluding hydrogens is 209 g/mol. The molecule has 15 heavy (non-hydrogen) atoms. The predicted octanol–water partition coefficient (Wildman–Crippen LogP) is 1.48. The Labute approximate surface area is 84.9 Å². The van der Waals surface area contributed by atoms with E-state index < -0.39 is 12.6 Å². The van der Waals surface area contributed by atoms with Gasteiger partial charge in [-0.1, -0.05) is 12.1 Å². The van der Waals surface area contributed by atoms with Crippen molar-refractivity contribution in [2.45, 2.75) is 12.6 Å². The smallest absolute Gasteiger partial charge is 0.393 e. The Morgan fingerprint density at radius 3 is 1.93 bits per heavy atom. The molecule has 1 amide bonds. The van der Waals surface area contributed by atoms with Crippen LogP contribution in [-0.2, 0) is 11.2 Å². The molecule has 0 saturated carbocycles. The highest BCUT2D eigenvalue weighted by Gasteiger charge is 2.27. The second kappa shape index (κ2) is 5.90. The van der Waals surface area contributed by atoms with Crippen LogP contribution < -0.4 is 11.5 Å². The summed E-state index contributed by atoms with van der Waals surface area (Å²) in [6, 6.07) is 5.67. The monoisotopic (exact) mass is 220 g/mol. The first-order chi connectivity index (χ1) is 6.89. The Bertz CT molecular complexity index is 295. The number of hydrogen-bond acceptors (Lipinski definition) is 2. The number of carbonyl (C=O) groups is 1. The summed E-state index contributed by atoms with van der Waals surface area (Å²) in [5.41, 5.74) is 10.2. The van der Waals surface area contributed by atoms with E-state index in [4.69, 9.17) is 10.5 Å². The molecular formula is C9H11F3N2O. The summed E-state index contributed by atoms with van der Waals surface area (Å²) < 4.78 is 35.4. The number of benzene rings is 1. The van der Waals surface area contributed by atoms with Crippen LogP contribution in [0.25, 0.3) is 0 Å². The van der Waals surface area contributed by atoms with E-state index in [0.29, 0.717) is 5.69 Å². The number of halogens is 3. The minimum Gasteiger partial charge on any atom is -0.399 e. The SMILES string of the molecule is NC=O.Nc1ccc(CC(F)(F)F)cc1. The third kappa shape index (κ3) is 7.36. The highest BCUT2D eigenvalue weighted by molar-refractivity contribution is 5.42. The standard InChI is InChI=1S/C8H8F3N.CH3NO/c9-8(10,11)5-6-1-3-7(12)4-2-6;2-1-3/h1-4H,5,12H2;1H,(H2,2,3). The van der Waals surface area contributed by atoms with Crippen molar-refractivity contribution in [3.05, 3.63) is 29.8 Å². The second-order valence-corrected chi connectivity index (χ2v) is 2.67. The van der Waals surface area contributed by atoms with Crippen molar-refractivity contribution in [2.75, 3.05) is 5.73 Å². The Morgan fingerprint density at radius 1 is 1.20 bits per heavy atom. The first kappa shape index (κ1) is 13.3. The van der Waals surface area contributed by atoms with Gasteiger partial charge in [0.25, 0.3) is 0 Å². The summed E-state index contributed by atoms with van der Waals surface area (Å²) in [6.45, 7) is 0. The van der Waals surface area contributed by atoms with E-state index >= 15 is 0 Å². The summed E-state index contributed by atoms with van der Waals surface area (Å²) in [5, 5.41) is 0. The van der Waals surface area contributed by atoms with Gasteiger partial charge in [-0.05, 0) is 17.7 Å². The zero-order chi connectivity index (χ0) is 11.9. The molecule has 6 heteroatoms. The van der Waals surface area contributed by atoms with Gasteiger partial charge in [-0.3, -0.25) is 4.79 Å². The minimum atomic E-state index is -4.14. The van der Waals surface area contributed by atoms with Crippen molar-refractivity contribution in [3.8, 4) is 0 Å². The maximum Gasteiger partial charge on any atom is 0.393 e. The van der Waals surface area contributed by atoms with Crippen LogP contribution in [0, 0.1) is 0 Å². The number of rotatable bonds is 1. The van der Waals surface area contributed by atoms with Crippen LogP contribution in [0.15, 0.2) is 24.3 Å². The highest BCUT2D eigenvalue weighted by atomic mass is 19.4. The van der Waals surface area contributed by atoms with Crippen LogP contribution >= 0.6 is 0 Å². The average Bonchev–Trinajstić information content (AvgIpc) is 2.08. The van der Waals surface area contributed by atoms with Gasteiger partial charge in [-0.15, -0.1) is 0 Å². The number of amides is 1. The van der Waals surface area contributed by atoms with Crippen LogP contribution in [0.2, 0.25) is 0 Å². The van der Waals surface area contributed by atoms with E-state index in [-0.39, 0.29) is 12.0 Å². The number of hydrogen-bond donors (Lipinski definition) is 2. The molecule has 0 aliphatic rings. The molecule has 0 atom stereocenters. The molecule has 0 bridgehead atoms. The van der Waals surface area contributed by atoms with Crippen molar-refractivity contribution in [3.63, 3.8) is 0 Å².